The minimum absolute atomic E-state index is 0.709. The quantitative estimate of drug-likeness (QED) is 0.476. The van der Waals surface area contributed by atoms with Gasteiger partial charge >= 0.3 is 10.1 Å². The Morgan fingerprint density at radius 3 is 1.42 bits per heavy atom. The number of hydrogen-bond donors (Lipinski definition) is 2. The fourth-order valence-corrected chi connectivity index (χ4v) is 2.64. The second kappa shape index (κ2) is 4.70. The van der Waals surface area contributed by atoms with Gasteiger partial charge in [-0.25, -0.2) is 30.7 Å². The van der Waals surface area contributed by atoms with Crippen LogP contribution in [-0.4, -0.2) is 28.4 Å². The van der Waals surface area contributed by atoms with Gasteiger partial charge in [-0.2, -0.15) is 8.42 Å². The molecule has 1 rings (SSSR count). The van der Waals surface area contributed by atoms with Crippen molar-refractivity contribution in [3.63, 3.8) is 0 Å². The van der Waals surface area contributed by atoms with Gasteiger partial charge in [-0.15, -0.1) is 0 Å². The molecule has 1 aromatic carbocycles. The highest BCUT2D eigenvalue weighted by Crippen LogP contribution is 2.29. The number of nitrogens with one attached hydrogen (secondary N) is 1. The second-order valence-electron chi connectivity index (χ2n) is 3.10. The van der Waals surface area contributed by atoms with Gasteiger partial charge in [0.1, 0.15) is 0 Å². The highest BCUT2D eigenvalue weighted by Gasteiger charge is 2.36. The van der Waals surface area contributed by atoms with Gasteiger partial charge in [-0.3, -0.25) is 4.55 Å². The summed E-state index contributed by atoms with van der Waals surface area (Å²) in [5.74, 6) is -10.0. The molecule has 0 radical (unpaired) electrons. The molecular formula is C7H5F4NO5S2. The molecule has 2 N–H and O–H groups in total. The average molecular weight is 323 g/mol. The van der Waals surface area contributed by atoms with Gasteiger partial charge in [0.15, 0.2) is 33.1 Å². The molecular weight excluding hydrogens is 318 g/mol. The maximum atomic E-state index is 13.3. The first kappa shape index (κ1) is 15.8. The lowest BCUT2D eigenvalue weighted by Gasteiger charge is -2.10. The van der Waals surface area contributed by atoms with Crippen LogP contribution in [0.4, 0.5) is 17.6 Å². The summed E-state index contributed by atoms with van der Waals surface area (Å²) in [7, 11) is -9.84. The van der Waals surface area contributed by atoms with E-state index in [1.807, 2.05) is 0 Å². The predicted molar refractivity (Wildman–Crippen MR) is 52.3 cm³/mol. The molecule has 0 aliphatic carbocycles. The number of benzene rings is 1. The van der Waals surface area contributed by atoms with Crippen LogP contribution in [0.3, 0.4) is 0 Å². The first-order valence-electron chi connectivity index (χ1n) is 4.22. The molecule has 0 amide bonds. The molecule has 0 saturated carbocycles. The van der Waals surface area contributed by atoms with Crippen molar-refractivity contribution in [2.75, 3.05) is 7.05 Å². The van der Waals surface area contributed by atoms with Crippen LogP contribution < -0.4 is 4.72 Å². The third-order valence-corrected chi connectivity index (χ3v) is 4.29. The molecule has 0 unspecified atom stereocenters. The van der Waals surface area contributed by atoms with E-state index >= 15 is 0 Å². The minimum Gasteiger partial charge on any atom is -0.282 e. The number of hydrogen-bond acceptors (Lipinski definition) is 4. The highest BCUT2D eigenvalue weighted by atomic mass is 32.2. The fourth-order valence-electron chi connectivity index (χ4n) is 1.16. The molecule has 0 bridgehead atoms. The zero-order chi connectivity index (χ0) is 15.2. The summed E-state index contributed by atoms with van der Waals surface area (Å²) in [5, 5.41) is 0. The van der Waals surface area contributed by atoms with Crippen LogP contribution in [0.1, 0.15) is 0 Å². The predicted octanol–water partition coefficient (Wildman–Crippen LogP) is 0.398. The molecule has 0 heterocycles. The molecule has 108 valence electrons. The van der Waals surface area contributed by atoms with Crippen molar-refractivity contribution in [2.45, 2.75) is 9.79 Å². The Bertz CT molecular complexity index is 714. The van der Waals surface area contributed by atoms with Gasteiger partial charge in [-0.1, -0.05) is 0 Å². The number of sulfonamides is 1. The summed E-state index contributed by atoms with van der Waals surface area (Å²) in [5.41, 5.74) is 0. The van der Waals surface area contributed by atoms with Crippen molar-refractivity contribution in [3.05, 3.63) is 23.3 Å². The van der Waals surface area contributed by atoms with Crippen LogP contribution >= 0.6 is 0 Å². The number of halogens is 4. The zero-order valence-corrected chi connectivity index (χ0v) is 10.5. The molecule has 0 saturated heterocycles. The molecule has 12 heteroatoms. The molecule has 1 aromatic rings. The highest BCUT2D eigenvalue weighted by molar-refractivity contribution is 7.89. The first-order valence-corrected chi connectivity index (χ1v) is 7.14. The Hall–Kier alpha value is -1.24. The Kier molecular flexibility index (Phi) is 3.91. The molecule has 19 heavy (non-hydrogen) atoms. The van der Waals surface area contributed by atoms with Crippen molar-refractivity contribution >= 4 is 20.1 Å². The van der Waals surface area contributed by atoms with Crippen molar-refractivity contribution in [1.29, 1.82) is 0 Å². The Morgan fingerprint density at radius 1 is 0.842 bits per heavy atom. The van der Waals surface area contributed by atoms with E-state index in [-0.39, 0.29) is 0 Å². The van der Waals surface area contributed by atoms with Crippen LogP contribution in [0, 0.1) is 23.3 Å². The van der Waals surface area contributed by atoms with Gasteiger partial charge in [0.25, 0.3) is 0 Å². The number of rotatable bonds is 3. The molecule has 0 spiro atoms. The van der Waals surface area contributed by atoms with Gasteiger partial charge in [0.05, 0.1) is 0 Å². The summed E-state index contributed by atoms with van der Waals surface area (Å²) in [4.78, 5) is -4.34. The van der Waals surface area contributed by atoms with Gasteiger partial charge in [0, 0.05) is 0 Å². The van der Waals surface area contributed by atoms with Gasteiger partial charge in [0.2, 0.25) is 10.0 Å². The van der Waals surface area contributed by atoms with E-state index in [0.717, 1.165) is 0 Å². The SMILES string of the molecule is CNS(=O)(=O)c1c(F)c(F)c(S(=O)(=O)O)c(F)c1F. The third kappa shape index (κ3) is 2.56. The lowest BCUT2D eigenvalue weighted by atomic mass is 10.3. The summed E-state index contributed by atoms with van der Waals surface area (Å²) >= 11 is 0. The van der Waals surface area contributed by atoms with E-state index in [0.29, 0.717) is 7.05 Å². The Morgan fingerprint density at radius 2 is 1.16 bits per heavy atom. The summed E-state index contributed by atoms with van der Waals surface area (Å²) in [6.07, 6.45) is 0. The lowest BCUT2D eigenvalue weighted by molar-refractivity contribution is 0.379. The lowest BCUT2D eigenvalue weighted by Crippen LogP contribution is -2.24. The monoisotopic (exact) mass is 323 g/mol. The normalized spacial score (nSPS) is 12.7. The topological polar surface area (TPSA) is 101 Å². The summed E-state index contributed by atoms with van der Waals surface area (Å²) < 4.78 is 107. The second-order valence-corrected chi connectivity index (χ2v) is 6.28. The van der Waals surface area contributed by atoms with Crippen LogP contribution in [-0.2, 0) is 20.1 Å². The largest absolute Gasteiger partial charge is 0.300 e. The van der Waals surface area contributed by atoms with Crippen LogP contribution in [0.25, 0.3) is 0 Å². The third-order valence-electron chi connectivity index (χ3n) is 1.98. The minimum atomic E-state index is -5.62. The molecule has 0 atom stereocenters. The van der Waals surface area contributed by atoms with Crippen molar-refractivity contribution in [3.8, 4) is 0 Å². The Labute approximate surface area is 104 Å². The first-order chi connectivity index (χ1) is 8.45. The van der Waals surface area contributed by atoms with E-state index in [9.17, 15) is 34.4 Å². The summed E-state index contributed by atoms with van der Waals surface area (Å²) in [6, 6.07) is 0. The van der Waals surface area contributed by atoms with E-state index < -0.39 is 53.2 Å². The standard InChI is InChI=1S/C7H5F4NO5S2/c1-12-18(13,14)6-2(8)4(10)7(19(15,16)17)5(11)3(6)9/h12H,1H3,(H,15,16,17). The van der Waals surface area contributed by atoms with Crippen LogP contribution in [0.2, 0.25) is 0 Å². The van der Waals surface area contributed by atoms with Gasteiger partial charge in [-0.05, 0) is 7.05 Å². The Balaban J connectivity index is 3.99. The van der Waals surface area contributed by atoms with Crippen molar-refractivity contribution in [2.24, 2.45) is 0 Å². The van der Waals surface area contributed by atoms with E-state index in [1.54, 1.807) is 0 Å². The van der Waals surface area contributed by atoms with Crippen LogP contribution in [0.5, 0.6) is 0 Å². The fraction of sp³-hybridized carbons (Fsp3) is 0.143. The zero-order valence-electron chi connectivity index (χ0n) is 8.91. The maximum absolute atomic E-state index is 13.3. The van der Waals surface area contributed by atoms with E-state index in [2.05, 4.69) is 0 Å². The van der Waals surface area contributed by atoms with Crippen molar-refractivity contribution in [1.82, 2.24) is 4.72 Å². The van der Waals surface area contributed by atoms with E-state index in [4.69, 9.17) is 4.55 Å². The molecule has 0 aromatic heterocycles. The summed E-state index contributed by atoms with van der Waals surface area (Å²) in [6.45, 7) is 0. The smallest absolute Gasteiger partial charge is 0.282 e. The molecule has 6 nitrogen and oxygen atoms in total. The maximum Gasteiger partial charge on any atom is 0.300 e. The van der Waals surface area contributed by atoms with Gasteiger partial charge < -0.3 is 0 Å². The van der Waals surface area contributed by atoms with Crippen LogP contribution in [0.15, 0.2) is 9.79 Å². The van der Waals surface area contributed by atoms with E-state index in [1.165, 1.54) is 4.72 Å². The average Bonchev–Trinajstić information content (AvgIpc) is 2.25. The molecule has 0 aliphatic heterocycles. The molecule has 0 fully saturated rings. The van der Waals surface area contributed by atoms with Crippen molar-refractivity contribution < 1.29 is 39.0 Å². The molecule has 0 aliphatic rings.